The predicted molar refractivity (Wildman–Crippen MR) is 217 cm³/mol. The Morgan fingerprint density at radius 2 is 1.00 bits per heavy atom. The second kappa shape index (κ2) is 10.3. The molecule has 0 saturated heterocycles. The highest BCUT2D eigenvalue weighted by molar-refractivity contribution is 6.36. The van der Waals surface area contributed by atoms with Crippen LogP contribution in [-0.2, 0) is 0 Å². The zero-order valence-electron chi connectivity index (χ0n) is 28.0. The molecule has 240 valence electrons. The highest BCUT2D eigenvalue weighted by Gasteiger charge is 2.25. The normalized spacial score (nSPS) is 12.2. The van der Waals surface area contributed by atoms with Crippen LogP contribution in [0.15, 0.2) is 170 Å². The standard InChI is InChI=1S/C48H28N4/c1-2-12-29(13-3-1)30-22-24-31(25-23-30)47-49-39-19-9-6-17-35(39)48(50-47)52-41-21-11-8-18-36(41)44-43(52)28-37-34-16-7-10-20-40(34)51-42-27-33-15-5-4-14-32(33)26-38(42)45(44)46(37)51/h1-28H. The molecule has 0 unspecified atom stereocenters. The lowest BCUT2D eigenvalue weighted by Gasteiger charge is -2.13. The third-order valence-corrected chi connectivity index (χ3v) is 11.0. The monoisotopic (exact) mass is 660 g/mol. The molecule has 0 aliphatic rings. The number of rotatable bonds is 3. The van der Waals surface area contributed by atoms with E-state index in [9.17, 15) is 0 Å². The lowest BCUT2D eigenvalue weighted by atomic mass is 10.0. The van der Waals surface area contributed by atoms with Gasteiger partial charge in [0, 0.05) is 43.3 Å². The van der Waals surface area contributed by atoms with E-state index in [1.54, 1.807) is 0 Å². The highest BCUT2D eigenvalue weighted by Crippen LogP contribution is 2.47. The van der Waals surface area contributed by atoms with Crippen molar-refractivity contribution in [3.8, 4) is 28.3 Å². The van der Waals surface area contributed by atoms with Gasteiger partial charge < -0.3 is 4.40 Å². The van der Waals surface area contributed by atoms with Crippen molar-refractivity contribution in [1.82, 2.24) is 18.9 Å². The molecule has 0 N–H and O–H groups in total. The summed E-state index contributed by atoms with van der Waals surface area (Å²) in [6.07, 6.45) is 0. The van der Waals surface area contributed by atoms with Crippen molar-refractivity contribution in [2.45, 2.75) is 0 Å². The molecule has 12 rings (SSSR count). The molecule has 0 radical (unpaired) electrons. The average molecular weight is 661 g/mol. The van der Waals surface area contributed by atoms with Gasteiger partial charge in [-0.25, -0.2) is 9.97 Å². The first-order valence-electron chi connectivity index (χ1n) is 17.8. The number of hydrogen-bond donors (Lipinski definition) is 0. The van der Waals surface area contributed by atoms with E-state index < -0.39 is 0 Å². The molecule has 0 bridgehead atoms. The number of fused-ring (bicyclic) bond motifs is 12. The van der Waals surface area contributed by atoms with Crippen molar-refractivity contribution >= 4 is 81.6 Å². The topological polar surface area (TPSA) is 35.1 Å². The quantitative estimate of drug-likeness (QED) is 0.189. The Balaban J connectivity index is 1.22. The molecule has 12 aromatic rings. The first-order valence-corrected chi connectivity index (χ1v) is 17.8. The smallest absolute Gasteiger partial charge is 0.162 e. The molecule has 4 nitrogen and oxygen atoms in total. The van der Waals surface area contributed by atoms with Crippen molar-refractivity contribution in [2.75, 3.05) is 0 Å². The minimum atomic E-state index is 0.707. The Morgan fingerprint density at radius 3 is 1.83 bits per heavy atom. The maximum Gasteiger partial charge on any atom is 0.162 e. The first-order chi connectivity index (χ1) is 25.8. The molecule has 0 atom stereocenters. The lowest BCUT2D eigenvalue weighted by Crippen LogP contribution is -2.02. The van der Waals surface area contributed by atoms with Gasteiger partial charge in [0.1, 0.15) is 5.82 Å². The lowest BCUT2D eigenvalue weighted by molar-refractivity contribution is 1.08. The summed E-state index contributed by atoms with van der Waals surface area (Å²) in [4.78, 5) is 10.6. The van der Waals surface area contributed by atoms with Gasteiger partial charge in [-0.2, -0.15) is 0 Å². The van der Waals surface area contributed by atoms with E-state index in [0.29, 0.717) is 5.82 Å². The molecular formula is C48H28N4. The van der Waals surface area contributed by atoms with Gasteiger partial charge >= 0.3 is 0 Å². The molecule has 0 amide bonds. The van der Waals surface area contributed by atoms with Crippen LogP contribution in [0, 0.1) is 0 Å². The number of para-hydroxylation sites is 3. The van der Waals surface area contributed by atoms with Gasteiger partial charge in [-0.3, -0.25) is 4.57 Å². The zero-order chi connectivity index (χ0) is 33.9. The van der Waals surface area contributed by atoms with Crippen LogP contribution in [0.25, 0.3) is 110 Å². The number of benzene rings is 8. The van der Waals surface area contributed by atoms with Gasteiger partial charge in [0.2, 0.25) is 0 Å². The molecule has 0 aliphatic carbocycles. The van der Waals surface area contributed by atoms with Crippen molar-refractivity contribution in [1.29, 1.82) is 0 Å². The van der Waals surface area contributed by atoms with Gasteiger partial charge in [-0.1, -0.05) is 127 Å². The van der Waals surface area contributed by atoms with E-state index in [1.807, 2.05) is 6.07 Å². The molecule has 4 heteroatoms. The summed E-state index contributed by atoms with van der Waals surface area (Å²) in [7, 11) is 0. The number of nitrogens with zero attached hydrogens (tertiary/aromatic N) is 4. The van der Waals surface area contributed by atoms with Crippen LogP contribution in [0.3, 0.4) is 0 Å². The summed E-state index contributed by atoms with van der Waals surface area (Å²) in [5.74, 6) is 1.59. The SMILES string of the molecule is c1ccc(-c2ccc(-c3nc(-n4c5ccccc5c5c6c7cc8ccccc8cc7n7c8ccccc8c(cc54)c67)c4ccccc4n3)cc2)cc1. The van der Waals surface area contributed by atoms with Gasteiger partial charge in [-0.05, 0) is 64.4 Å². The molecule has 0 fully saturated rings. The minimum Gasteiger partial charge on any atom is -0.308 e. The number of aromatic nitrogens is 4. The van der Waals surface area contributed by atoms with Crippen LogP contribution in [0.1, 0.15) is 0 Å². The van der Waals surface area contributed by atoms with E-state index >= 15 is 0 Å². The molecule has 4 aromatic heterocycles. The predicted octanol–water partition coefficient (Wildman–Crippen LogP) is 12.4. The molecule has 4 heterocycles. The van der Waals surface area contributed by atoms with Gasteiger partial charge in [0.15, 0.2) is 5.82 Å². The van der Waals surface area contributed by atoms with Crippen LogP contribution in [0.5, 0.6) is 0 Å². The summed E-state index contributed by atoms with van der Waals surface area (Å²) in [6.45, 7) is 0. The maximum atomic E-state index is 5.45. The molecule has 8 aromatic carbocycles. The maximum absolute atomic E-state index is 5.45. The Hall–Kier alpha value is -7.04. The minimum absolute atomic E-state index is 0.707. The van der Waals surface area contributed by atoms with Crippen LogP contribution >= 0.6 is 0 Å². The molecule has 0 spiro atoms. The third kappa shape index (κ3) is 3.70. The van der Waals surface area contributed by atoms with Gasteiger partial charge in [0.05, 0.1) is 33.1 Å². The van der Waals surface area contributed by atoms with Crippen molar-refractivity contribution < 1.29 is 0 Å². The summed E-state index contributed by atoms with van der Waals surface area (Å²) >= 11 is 0. The number of hydrogen-bond acceptors (Lipinski definition) is 2. The van der Waals surface area contributed by atoms with E-state index in [0.717, 1.165) is 33.3 Å². The second-order valence-corrected chi connectivity index (χ2v) is 13.8. The average Bonchev–Trinajstić information content (AvgIpc) is 3.84. The molecular weight excluding hydrogens is 633 g/mol. The first kappa shape index (κ1) is 27.7. The van der Waals surface area contributed by atoms with E-state index in [2.05, 4.69) is 173 Å². The Morgan fingerprint density at radius 1 is 0.365 bits per heavy atom. The van der Waals surface area contributed by atoms with Crippen LogP contribution < -0.4 is 0 Å². The summed E-state index contributed by atoms with van der Waals surface area (Å²) < 4.78 is 4.88. The fourth-order valence-electron chi connectivity index (χ4n) is 8.73. The summed E-state index contributed by atoms with van der Waals surface area (Å²) in [5, 5.41) is 11.0. The zero-order valence-corrected chi connectivity index (χ0v) is 28.0. The van der Waals surface area contributed by atoms with E-state index in [-0.39, 0.29) is 0 Å². The van der Waals surface area contributed by atoms with Crippen molar-refractivity contribution in [2.24, 2.45) is 0 Å². The fraction of sp³-hybridized carbons (Fsp3) is 0. The fourth-order valence-corrected chi connectivity index (χ4v) is 8.73. The van der Waals surface area contributed by atoms with Crippen LogP contribution in [-0.4, -0.2) is 18.9 Å². The van der Waals surface area contributed by atoms with Crippen LogP contribution in [0.4, 0.5) is 0 Å². The Bertz CT molecular complexity index is 3390. The van der Waals surface area contributed by atoms with Gasteiger partial charge in [-0.15, -0.1) is 0 Å². The van der Waals surface area contributed by atoms with Crippen LogP contribution in [0.2, 0.25) is 0 Å². The van der Waals surface area contributed by atoms with Crippen molar-refractivity contribution in [3.63, 3.8) is 0 Å². The highest BCUT2D eigenvalue weighted by atomic mass is 15.1. The largest absolute Gasteiger partial charge is 0.308 e. The molecule has 0 saturated carbocycles. The summed E-state index contributed by atoms with van der Waals surface area (Å²) in [6, 6.07) is 61.0. The Kier molecular flexibility index (Phi) is 5.47. The Labute approximate surface area is 297 Å². The summed E-state index contributed by atoms with van der Waals surface area (Å²) in [5.41, 5.74) is 10.3. The van der Waals surface area contributed by atoms with E-state index in [1.165, 1.54) is 70.8 Å². The van der Waals surface area contributed by atoms with Crippen molar-refractivity contribution in [3.05, 3.63) is 170 Å². The molecule has 52 heavy (non-hydrogen) atoms. The third-order valence-electron chi connectivity index (χ3n) is 11.0. The van der Waals surface area contributed by atoms with E-state index in [4.69, 9.17) is 9.97 Å². The molecule has 0 aliphatic heterocycles. The second-order valence-electron chi connectivity index (χ2n) is 13.8. The van der Waals surface area contributed by atoms with Gasteiger partial charge in [0.25, 0.3) is 0 Å².